The molecule has 1 aliphatic rings. The predicted octanol–water partition coefficient (Wildman–Crippen LogP) is 1.40. The molecule has 11 heavy (non-hydrogen) atoms. The summed E-state index contributed by atoms with van der Waals surface area (Å²) in [5, 5.41) is 0. The molecule has 66 valence electrons. The Kier molecular flexibility index (Phi) is 2.26. The Morgan fingerprint density at radius 1 is 1.45 bits per heavy atom. The quantitative estimate of drug-likeness (QED) is 0.624. The zero-order chi connectivity index (χ0) is 8.54. The maximum absolute atomic E-state index is 5.77. The Balaban J connectivity index is 2.75. The van der Waals surface area contributed by atoms with Crippen LogP contribution < -0.4 is 5.73 Å². The molecule has 1 fully saturated rings. The summed E-state index contributed by atoms with van der Waals surface area (Å²) in [7, 11) is 0. The van der Waals surface area contributed by atoms with Crippen molar-refractivity contribution in [3.8, 4) is 0 Å². The highest BCUT2D eigenvalue weighted by Gasteiger charge is 2.43. The molecule has 0 saturated carbocycles. The Morgan fingerprint density at radius 3 is 2.27 bits per heavy atom. The first-order chi connectivity index (χ1) is 5.02. The summed E-state index contributed by atoms with van der Waals surface area (Å²) >= 11 is 0. The molecule has 0 aromatic carbocycles. The average Bonchev–Trinajstić information content (AvgIpc) is 2.33. The standard InChI is InChI=1S/C9H19NO/c1-8(2,3)9(6-10)4-5-11-7-9/h4-7,10H2,1-3H3. The lowest BCUT2D eigenvalue weighted by molar-refractivity contribution is 0.0684. The van der Waals surface area contributed by atoms with Gasteiger partial charge in [0.05, 0.1) is 6.61 Å². The molecule has 0 spiro atoms. The molecule has 1 rings (SSSR count). The number of hydrogen-bond donors (Lipinski definition) is 1. The maximum Gasteiger partial charge on any atom is 0.0540 e. The van der Waals surface area contributed by atoms with Crippen molar-refractivity contribution in [3.05, 3.63) is 0 Å². The Morgan fingerprint density at radius 2 is 2.09 bits per heavy atom. The molecule has 0 radical (unpaired) electrons. The molecule has 1 heterocycles. The van der Waals surface area contributed by atoms with Crippen LogP contribution in [0, 0.1) is 10.8 Å². The van der Waals surface area contributed by atoms with Crippen molar-refractivity contribution in [3.63, 3.8) is 0 Å². The van der Waals surface area contributed by atoms with E-state index in [2.05, 4.69) is 20.8 Å². The van der Waals surface area contributed by atoms with Crippen molar-refractivity contribution >= 4 is 0 Å². The fourth-order valence-electron chi connectivity index (χ4n) is 1.67. The van der Waals surface area contributed by atoms with Crippen LogP contribution in [-0.4, -0.2) is 19.8 Å². The van der Waals surface area contributed by atoms with Crippen molar-refractivity contribution in [1.29, 1.82) is 0 Å². The first-order valence-electron chi connectivity index (χ1n) is 4.30. The summed E-state index contributed by atoms with van der Waals surface area (Å²) in [4.78, 5) is 0. The smallest absolute Gasteiger partial charge is 0.0540 e. The third kappa shape index (κ3) is 1.42. The molecule has 2 N–H and O–H groups in total. The number of hydrogen-bond acceptors (Lipinski definition) is 2. The van der Waals surface area contributed by atoms with E-state index in [1.165, 1.54) is 0 Å². The lowest BCUT2D eigenvalue weighted by Gasteiger charge is -2.39. The number of nitrogens with two attached hydrogens (primary N) is 1. The second kappa shape index (κ2) is 2.76. The summed E-state index contributed by atoms with van der Waals surface area (Å²) in [5.74, 6) is 0. The predicted molar refractivity (Wildman–Crippen MR) is 46.4 cm³/mol. The molecule has 2 heteroatoms. The van der Waals surface area contributed by atoms with Crippen LogP contribution in [0.15, 0.2) is 0 Å². The lowest BCUT2D eigenvalue weighted by Crippen LogP contribution is -2.42. The molecule has 0 aromatic heterocycles. The van der Waals surface area contributed by atoms with Gasteiger partial charge in [-0.3, -0.25) is 0 Å². The monoisotopic (exact) mass is 157 g/mol. The van der Waals surface area contributed by atoms with E-state index in [0.29, 0.717) is 0 Å². The Hall–Kier alpha value is -0.0800. The third-order valence-corrected chi connectivity index (χ3v) is 3.09. The summed E-state index contributed by atoms with van der Waals surface area (Å²) in [6, 6.07) is 0. The van der Waals surface area contributed by atoms with Gasteiger partial charge in [0.25, 0.3) is 0 Å². The van der Waals surface area contributed by atoms with Gasteiger partial charge < -0.3 is 10.5 Å². The van der Waals surface area contributed by atoms with Gasteiger partial charge in [-0.1, -0.05) is 20.8 Å². The van der Waals surface area contributed by atoms with Gasteiger partial charge in [-0.25, -0.2) is 0 Å². The minimum absolute atomic E-state index is 0.229. The van der Waals surface area contributed by atoms with Crippen LogP contribution in [-0.2, 0) is 4.74 Å². The summed E-state index contributed by atoms with van der Waals surface area (Å²) in [6.45, 7) is 9.20. The van der Waals surface area contributed by atoms with E-state index in [1.807, 2.05) is 0 Å². The van der Waals surface area contributed by atoms with Crippen LogP contribution >= 0.6 is 0 Å². The SMILES string of the molecule is CC(C)(C)C1(CN)CCOC1. The molecular weight excluding hydrogens is 138 g/mol. The zero-order valence-corrected chi connectivity index (χ0v) is 7.81. The molecular formula is C9H19NO. The van der Waals surface area contributed by atoms with E-state index < -0.39 is 0 Å². The molecule has 1 atom stereocenters. The lowest BCUT2D eigenvalue weighted by atomic mass is 9.66. The minimum atomic E-state index is 0.229. The number of rotatable bonds is 1. The molecule has 0 bridgehead atoms. The first kappa shape index (κ1) is 9.01. The second-order valence-corrected chi connectivity index (χ2v) is 4.54. The van der Waals surface area contributed by atoms with Crippen LogP contribution in [0.5, 0.6) is 0 Å². The van der Waals surface area contributed by atoms with E-state index in [9.17, 15) is 0 Å². The van der Waals surface area contributed by atoms with Gasteiger partial charge in [-0.05, 0) is 11.8 Å². The van der Waals surface area contributed by atoms with E-state index in [0.717, 1.165) is 26.2 Å². The highest BCUT2D eigenvalue weighted by molar-refractivity contribution is 4.93. The zero-order valence-electron chi connectivity index (χ0n) is 7.81. The highest BCUT2D eigenvalue weighted by atomic mass is 16.5. The van der Waals surface area contributed by atoms with E-state index in [-0.39, 0.29) is 10.8 Å². The van der Waals surface area contributed by atoms with Crippen molar-refractivity contribution in [2.24, 2.45) is 16.6 Å². The fraction of sp³-hybridized carbons (Fsp3) is 1.00. The molecule has 2 nitrogen and oxygen atoms in total. The van der Waals surface area contributed by atoms with Gasteiger partial charge >= 0.3 is 0 Å². The summed E-state index contributed by atoms with van der Waals surface area (Å²) in [6.07, 6.45) is 1.12. The van der Waals surface area contributed by atoms with Gasteiger partial charge in [-0.15, -0.1) is 0 Å². The van der Waals surface area contributed by atoms with Crippen LogP contribution in [0.2, 0.25) is 0 Å². The van der Waals surface area contributed by atoms with Crippen LogP contribution in [0.1, 0.15) is 27.2 Å². The molecule has 0 aromatic rings. The molecule has 0 aliphatic carbocycles. The van der Waals surface area contributed by atoms with E-state index >= 15 is 0 Å². The average molecular weight is 157 g/mol. The largest absolute Gasteiger partial charge is 0.381 e. The molecule has 1 aliphatic heterocycles. The fourth-order valence-corrected chi connectivity index (χ4v) is 1.67. The summed E-state index contributed by atoms with van der Waals surface area (Å²) < 4.78 is 5.40. The van der Waals surface area contributed by atoms with Crippen molar-refractivity contribution < 1.29 is 4.74 Å². The maximum atomic E-state index is 5.77. The van der Waals surface area contributed by atoms with Gasteiger partial charge in [0, 0.05) is 18.6 Å². The normalized spacial score (nSPS) is 32.7. The first-order valence-corrected chi connectivity index (χ1v) is 4.30. The minimum Gasteiger partial charge on any atom is -0.381 e. The van der Waals surface area contributed by atoms with Crippen LogP contribution in [0.4, 0.5) is 0 Å². The van der Waals surface area contributed by atoms with Gasteiger partial charge in [0.15, 0.2) is 0 Å². The van der Waals surface area contributed by atoms with Gasteiger partial charge in [-0.2, -0.15) is 0 Å². The Labute approximate surface area is 69.1 Å². The topological polar surface area (TPSA) is 35.2 Å². The van der Waals surface area contributed by atoms with Crippen molar-refractivity contribution in [2.75, 3.05) is 19.8 Å². The van der Waals surface area contributed by atoms with Gasteiger partial charge in [0.2, 0.25) is 0 Å². The summed E-state index contributed by atoms with van der Waals surface area (Å²) in [5.41, 5.74) is 6.28. The van der Waals surface area contributed by atoms with Gasteiger partial charge in [0.1, 0.15) is 0 Å². The van der Waals surface area contributed by atoms with E-state index in [4.69, 9.17) is 10.5 Å². The molecule has 1 unspecified atom stereocenters. The van der Waals surface area contributed by atoms with Crippen molar-refractivity contribution in [2.45, 2.75) is 27.2 Å². The second-order valence-electron chi connectivity index (χ2n) is 4.54. The molecule has 1 saturated heterocycles. The highest BCUT2D eigenvalue weighted by Crippen LogP contribution is 2.43. The third-order valence-electron chi connectivity index (χ3n) is 3.09. The van der Waals surface area contributed by atoms with Crippen LogP contribution in [0.3, 0.4) is 0 Å². The van der Waals surface area contributed by atoms with E-state index in [1.54, 1.807) is 0 Å². The number of ether oxygens (including phenoxy) is 1. The van der Waals surface area contributed by atoms with Crippen LogP contribution in [0.25, 0.3) is 0 Å². The molecule has 0 amide bonds. The Bertz CT molecular complexity index is 131. The van der Waals surface area contributed by atoms with Crippen molar-refractivity contribution in [1.82, 2.24) is 0 Å².